The molecule has 1 atom stereocenters. The third-order valence-corrected chi connectivity index (χ3v) is 2.32. The van der Waals surface area contributed by atoms with Crippen LogP contribution in [0.2, 0.25) is 0 Å². The quantitative estimate of drug-likeness (QED) is 0.679. The van der Waals surface area contributed by atoms with Gasteiger partial charge in [-0.2, -0.15) is 0 Å². The molecule has 0 bridgehead atoms. The Labute approximate surface area is 95.2 Å². The van der Waals surface area contributed by atoms with Crippen LogP contribution in [-0.4, -0.2) is 33.5 Å². The van der Waals surface area contributed by atoms with Crippen LogP contribution in [0, 0.1) is 0 Å². The highest BCUT2D eigenvalue weighted by Gasteiger charge is 2.11. The van der Waals surface area contributed by atoms with E-state index in [9.17, 15) is 4.79 Å². The number of nitrogens with one attached hydrogen (secondary N) is 1. The highest BCUT2D eigenvalue weighted by molar-refractivity contribution is 5.81. The van der Waals surface area contributed by atoms with E-state index in [0.717, 1.165) is 19.3 Å². The lowest BCUT2D eigenvalue weighted by atomic mass is 10.1. The Kier molecular flexibility index (Phi) is 5.49. The number of rotatable bonds is 7. The number of nitrogens with two attached hydrogens (primary N) is 1. The van der Waals surface area contributed by atoms with E-state index in [1.54, 1.807) is 17.1 Å². The molecule has 0 aliphatic carbocycles. The van der Waals surface area contributed by atoms with Crippen molar-refractivity contribution in [1.82, 2.24) is 20.3 Å². The number of carbonyl (C=O) groups is 1. The van der Waals surface area contributed by atoms with E-state index in [-0.39, 0.29) is 5.91 Å². The van der Waals surface area contributed by atoms with Crippen LogP contribution in [0.15, 0.2) is 12.4 Å². The second-order valence-electron chi connectivity index (χ2n) is 3.71. The molecule has 0 saturated heterocycles. The molecule has 0 spiro atoms. The lowest BCUT2D eigenvalue weighted by molar-refractivity contribution is -0.122. The van der Waals surface area contributed by atoms with E-state index in [0.29, 0.717) is 13.1 Å². The molecule has 0 saturated carbocycles. The normalized spacial score (nSPS) is 12.4. The molecule has 6 nitrogen and oxygen atoms in total. The Morgan fingerprint density at radius 3 is 3.06 bits per heavy atom. The van der Waals surface area contributed by atoms with Crippen LogP contribution in [0.5, 0.6) is 0 Å². The Hall–Kier alpha value is -1.43. The lowest BCUT2D eigenvalue weighted by Crippen LogP contribution is -2.41. The van der Waals surface area contributed by atoms with Gasteiger partial charge >= 0.3 is 0 Å². The second-order valence-corrected chi connectivity index (χ2v) is 3.71. The number of unbranched alkanes of at least 4 members (excludes halogenated alkanes) is 1. The fourth-order valence-corrected chi connectivity index (χ4v) is 1.33. The SMILES string of the molecule is CCCCC(N)C(=O)NCCn1ccnn1. The topological polar surface area (TPSA) is 85.8 Å². The monoisotopic (exact) mass is 225 g/mol. The van der Waals surface area contributed by atoms with Gasteiger partial charge in [0.2, 0.25) is 5.91 Å². The average molecular weight is 225 g/mol. The van der Waals surface area contributed by atoms with E-state index in [1.807, 2.05) is 0 Å². The van der Waals surface area contributed by atoms with Gasteiger partial charge in [-0.1, -0.05) is 25.0 Å². The molecule has 1 amide bonds. The first-order valence-corrected chi connectivity index (χ1v) is 5.61. The molecule has 6 heteroatoms. The van der Waals surface area contributed by atoms with Crippen LogP contribution in [0.1, 0.15) is 26.2 Å². The third kappa shape index (κ3) is 4.39. The molecule has 0 aromatic carbocycles. The van der Waals surface area contributed by atoms with Crippen molar-refractivity contribution in [2.45, 2.75) is 38.8 Å². The summed E-state index contributed by atoms with van der Waals surface area (Å²) in [4.78, 5) is 11.5. The average Bonchev–Trinajstić information content (AvgIpc) is 2.78. The first-order chi connectivity index (χ1) is 7.74. The Balaban J connectivity index is 2.14. The van der Waals surface area contributed by atoms with Crippen LogP contribution >= 0.6 is 0 Å². The van der Waals surface area contributed by atoms with Crippen LogP contribution in [0.4, 0.5) is 0 Å². The molecule has 16 heavy (non-hydrogen) atoms. The fourth-order valence-electron chi connectivity index (χ4n) is 1.33. The van der Waals surface area contributed by atoms with Gasteiger partial charge in [0.1, 0.15) is 0 Å². The van der Waals surface area contributed by atoms with E-state index in [4.69, 9.17) is 5.73 Å². The Morgan fingerprint density at radius 1 is 1.62 bits per heavy atom. The van der Waals surface area contributed by atoms with Crippen molar-refractivity contribution in [1.29, 1.82) is 0 Å². The van der Waals surface area contributed by atoms with Crippen molar-refractivity contribution in [2.24, 2.45) is 5.73 Å². The van der Waals surface area contributed by atoms with Crippen molar-refractivity contribution in [3.05, 3.63) is 12.4 Å². The number of nitrogens with zero attached hydrogens (tertiary/aromatic N) is 3. The molecule has 1 rings (SSSR count). The van der Waals surface area contributed by atoms with Gasteiger partial charge in [-0.25, -0.2) is 0 Å². The standard InChI is InChI=1S/C10H19N5O/c1-2-3-4-9(11)10(16)12-5-7-15-8-6-13-14-15/h6,8-9H,2-5,7,11H2,1H3,(H,12,16). The van der Waals surface area contributed by atoms with Crippen molar-refractivity contribution in [3.63, 3.8) is 0 Å². The van der Waals surface area contributed by atoms with Gasteiger partial charge in [0, 0.05) is 12.7 Å². The smallest absolute Gasteiger partial charge is 0.236 e. The number of amides is 1. The highest BCUT2D eigenvalue weighted by Crippen LogP contribution is 1.97. The summed E-state index contributed by atoms with van der Waals surface area (Å²) in [6.45, 7) is 3.23. The van der Waals surface area contributed by atoms with Crippen molar-refractivity contribution in [2.75, 3.05) is 6.54 Å². The molecule has 1 heterocycles. The third-order valence-electron chi connectivity index (χ3n) is 2.32. The first-order valence-electron chi connectivity index (χ1n) is 5.61. The van der Waals surface area contributed by atoms with Crippen molar-refractivity contribution < 1.29 is 4.79 Å². The van der Waals surface area contributed by atoms with Gasteiger partial charge in [0.15, 0.2) is 0 Å². The maximum Gasteiger partial charge on any atom is 0.236 e. The van der Waals surface area contributed by atoms with E-state index < -0.39 is 6.04 Å². The van der Waals surface area contributed by atoms with E-state index in [1.165, 1.54) is 0 Å². The van der Waals surface area contributed by atoms with E-state index >= 15 is 0 Å². The number of hydrogen-bond donors (Lipinski definition) is 2. The second kappa shape index (κ2) is 6.95. The minimum absolute atomic E-state index is 0.0893. The summed E-state index contributed by atoms with van der Waals surface area (Å²) < 4.78 is 1.66. The fraction of sp³-hybridized carbons (Fsp3) is 0.700. The molecule has 3 N–H and O–H groups in total. The minimum atomic E-state index is -0.393. The number of aromatic nitrogens is 3. The molecule has 0 radical (unpaired) electrons. The summed E-state index contributed by atoms with van der Waals surface area (Å²) in [5.74, 6) is -0.0893. The van der Waals surface area contributed by atoms with Crippen molar-refractivity contribution in [3.8, 4) is 0 Å². The molecular weight excluding hydrogens is 206 g/mol. The van der Waals surface area contributed by atoms with Crippen LogP contribution in [0.25, 0.3) is 0 Å². The van der Waals surface area contributed by atoms with Gasteiger partial charge in [-0.05, 0) is 6.42 Å². The summed E-state index contributed by atoms with van der Waals surface area (Å²) in [6, 6.07) is -0.393. The van der Waals surface area contributed by atoms with Crippen molar-refractivity contribution >= 4 is 5.91 Å². The molecule has 0 aliphatic heterocycles. The molecule has 1 aromatic rings. The molecule has 1 unspecified atom stereocenters. The summed E-state index contributed by atoms with van der Waals surface area (Å²) in [5, 5.41) is 10.2. The van der Waals surface area contributed by atoms with Crippen LogP contribution in [-0.2, 0) is 11.3 Å². The van der Waals surface area contributed by atoms with Gasteiger partial charge in [0.05, 0.1) is 18.8 Å². The van der Waals surface area contributed by atoms with Crippen LogP contribution in [0.3, 0.4) is 0 Å². The predicted octanol–water partition coefficient (Wildman–Crippen LogP) is -0.0882. The molecule has 0 aliphatic rings. The van der Waals surface area contributed by atoms with E-state index in [2.05, 4.69) is 22.6 Å². The lowest BCUT2D eigenvalue weighted by Gasteiger charge is -2.11. The van der Waals surface area contributed by atoms with Gasteiger partial charge in [-0.15, -0.1) is 5.10 Å². The zero-order chi connectivity index (χ0) is 11.8. The summed E-state index contributed by atoms with van der Waals surface area (Å²) in [7, 11) is 0. The zero-order valence-corrected chi connectivity index (χ0v) is 9.59. The predicted molar refractivity (Wildman–Crippen MR) is 60.5 cm³/mol. The largest absolute Gasteiger partial charge is 0.353 e. The zero-order valence-electron chi connectivity index (χ0n) is 9.59. The van der Waals surface area contributed by atoms with Gasteiger partial charge < -0.3 is 11.1 Å². The van der Waals surface area contributed by atoms with Gasteiger partial charge in [-0.3, -0.25) is 9.48 Å². The first kappa shape index (κ1) is 12.6. The Bertz CT molecular complexity index is 298. The number of carbonyl (C=O) groups excluding carboxylic acids is 1. The van der Waals surface area contributed by atoms with Gasteiger partial charge in [0.25, 0.3) is 0 Å². The highest BCUT2D eigenvalue weighted by atomic mass is 16.2. The summed E-state index contributed by atoms with van der Waals surface area (Å²) in [6.07, 6.45) is 6.14. The number of hydrogen-bond acceptors (Lipinski definition) is 4. The maximum atomic E-state index is 11.5. The maximum absolute atomic E-state index is 11.5. The molecular formula is C10H19N5O. The van der Waals surface area contributed by atoms with Crippen LogP contribution < -0.4 is 11.1 Å². The molecule has 1 aromatic heterocycles. The summed E-state index contributed by atoms with van der Waals surface area (Å²) in [5.41, 5.74) is 5.72. The molecule has 90 valence electrons. The summed E-state index contributed by atoms with van der Waals surface area (Å²) >= 11 is 0. The minimum Gasteiger partial charge on any atom is -0.353 e. The Morgan fingerprint density at radius 2 is 2.44 bits per heavy atom. The molecule has 0 fully saturated rings.